The third kappa shape index (κ3) is 2.67. The molecule has 1 aliphatic rings. The summed E-state index contributed by atoms with van der Waals surface area (Å²) in [4.78, 5) is 18.5. The Kier molecular flexibility index (Phi) is 4.50. The number of carbonyl (C=O) groups excluding carboxylic acids is 1. The third-order valence-corrected chi connectivity index (χ3v) is 5.76. The van der Waals surface area contributed by atoms with Crippen molar-refractivity contribution in [3.8, 4) is 17.2 Å². The summed E-state index contributed by atoms with van der Waals surface area (Å²) in [6.07, 6.45) is 1.56. The molecule has 2 aromatic heterocycles. The Morgan fingerprint density at radius 3 is 2.85 bits per heavy atom. The molecular formula is C19H16Cl2N2O4. The van der Waals surface area contributed by atoms with E-state index in [0.717, 1.165) is 16.5 Å². The number of fused-ring (bicyclic) bond motifs is 3. The van der Waals surface area contributed by atoms with Crippen LogP contribution in [0.15, 0.2) is 28.9 Å². The number of amides is 1. The number of ether oxygens (including phenoxy) is 1. The number of nitrogens with zero attached hydrogens (tertiary/aromatic N) is 2. The molecule has 1 atom stereocenters. The Morgan fingerprint density at radius 1 is 1.44 bits per heavy atom. The molecule has 0 saturated carbocycles. The maximum atomic E-state index is 12.2. The highest BCUT2D eigenvalue weighted by molar-refractivity contribution is 6.46. The highest BCUT2D eigenvalue weighted by atomic mass is 35.5. The number of aliphatic hydroxyl groups excluding tert-OH is 1. The van der Waals surface area contributed by atoms with E-state index in [2.05, 4.69) is 0 Å². The minimum atomic E-state index is -0.560. The summed E-state index contributed by atoms with van der Waals surface area (Å²) >= 11 is 12.8. The summed E-state index contributed by atoms with van der Waals surface area (Å²) in [7, 11) is 1.51. The maximum Gasteiger partial charge on any atom is 0.249 e. The third-order valence-electron chi connectivity index (χ3n) is 4.92. The van der Waals surface area contributed by atoms with Crippen molar-refractivity contribution in [2.45, 2.75) is 19.5 Å². The number of aliphatic hydroxyl groups is 1. The molecule has 3 heterocycles. The first kappa shape index (κ1) is 18.1. The number of carbonyl (C=O) groups is 1. The largest absolute Gasteiger partial charge is 0.495 e. The molecule has 0 bridgehead atoms. The lowest BCUT2D eigenvalue weighted by Crippen LogP contribution is -2.30. The van der Waals surface area contributed by atoms with E-state index in [4.69, 9.17) is 37.3 Å². The van der Waals surface area contributed by atoms with Gasteiger partial charge in [0.2, 0.25) is 5.91 Å². The lowest BCUT2D eigenvalue weighted by molar-refractivity contribution is -0.136. The maximum absolute atomic E-state index is 12.2. The van der Waals surface area contributed by atoms with Crippen molar-refractivity contribution in [1.82, 2.24) is 9.88 Å². The Morgan fingerprint density at radius 2 is 2.22 bits per heavy atom. The van der Waals surface area contributed by atoms with Crippen molar-refractivity contribution < 1.29 is 19.1 Å². The van der Waals surface area contributed by atoms with E-state index >= 15 is 0 Å². The van der Waals surface area contributed by atoms with Crippen LogP contribution in [0.4, 0.5) is 0 Å². The first-order valence-electron chi connectivity index (χ1n) is 8.30. The number of hydrogen-bond donors (Lipinski definition) is 1. The number of pyridine rings is 1. The Bertz CT molecular complexity index is 1050. The predicted octanol–water partition coefficient (Wildman–Crippen LogP) is 4.21. The number of methoxy groups -OCH3 is 1. The number of furan rings is 1. The molecule has 0 saturated heterocycles. The summed E-state index contributed by atoms with van der Waals surface area (Å²) in [6, 6.07) is 5.07. The van der Waals surface area contributed by atoms with Gasteiger partial charge in [-0.05, 0) is 30.7 Å². The van der Waals surface area contributed by atoms with Gasteiger partial charge in [0.25, 0.3) is 0 Å². The molecular weight excluding hydrogens is 391 g/mol. The second kappa shape index (κ2) is 6.71. The Balaban J connectivity index is 2.08. The lowest BCUT2D eigenvalue weighted by Gasteiger charge is -2.21. The van der Waals surface area contributed by atoms with Gasteiger partial charge in [0, 0.05) is 17.5 Å². The van der Waals surface area contributed by atoms with Gasteiger partial charge in [-0.1, -0.05) is 23.2 Å². The molecule has 3 aromatic rings. The van der Waals surface area contributed by atoms with Gasteiger partial charge in [0.15, 0.2) is 5.76 Å². The van der Waals surface area contributed by atoms with Crippen LogP contribution >= 0.6 is 23.2 Å². The Hall–Kier alpha value is -2.28. The second-order valence-electron chi connectivity index (χ2n) is 6.29. The number of halogens is 2. The standard InChI is InChI=1S/C19H16Cl2N2O4/c1-9-15-10-6-13(26-2)16(20)17(21)19(10)22-18(12-4-3-5-27-12)11(15)7-23(9)14(25)8-24/h3-6,9,24H,7-8H2,1-2H3/t9-/m0/s1. The minimum Gasteiger partial charge on any atom is -0.495 e. The first-order chi connectivity index (χ1) is 13.0. The Labute approximate surface area is 165 Å². The fourth-order valence-corrected chi connectivity index (χ4v) is 4.10. The van der Waals surface area contributed by atoms with Gasteiger partial charge < -0.3 is 19.2 Å². The van der Waals surface area contributed by atoms with E-state index in [9.17, 15) is 9.90 Å². The number of rotatable bonds is 3. The van der Waals surface area contributed by atoms with Crippen molar-refractivity contribution in [2.75, 3.05) is 13.7 Å². The summed E-state index contributed by atoms with van der Waals surface area (Å²) in [6.45, 7) is 1.66. The number of hydrogen-bond acceptors (Lipinski definition) is 5. The molecule has 1 aliphatic heterocycles. The van der Waals surface area contributed by atoms with Crippen LogP contribution in [0.25, 0.3) is 22.4 Å². The van der Waals surface area contributed by atoms with Gasteiger partial charge in [0.05, 0.1) is 30.0 Å². The molecule has 27 heavy (non-hydrogen) atoms. The molecule has 1 amide bonds. The highest BCUT2D eigenvalue weighted by Crippen LogP contribution is 2.47. The van der Waals surface area contributed by atoms with Gasteiger partial charge in [-0.15, -0.1) is 0 Å². The van der Waals surface area contributed by atoms with Crippen LogP contribution in [0.3, 0.4) is 0 Å². The van der Waals surface area contributed by atoms with Crippen molar-refractivity contribution in [3.63, 3.8) is 0 Å². The van der Waals surface area contributed by atoms with Crippen LogP contribution in [0.2, 0.25) is 10.0 Å². The summed E-state index contributed by atoms with van der Waals surface area (Å²) in [5, 5.41) is 10.6. The average Bonchev–Trinajstić information content (AvgIpc) is 3.32. The smallest absolute Gasteiger partial charge is 0.249 e. The normalized spacial score (nSPS) is 16.0. The number of benzene rings is 1. The van der Waals surface area contributed by atoms with Crippen LogP contribution in [-0.2, 0) is 11.3 Å². The van der Waals surface area contributed by atoms with Gasteiger partial charge in [-0.2, -0.15) is 0 Å². The van der Waals surface area contributed by atoms with Crippen molar-refractivity contribution in [2.24, 2.45) is 0 Å². The molecule has 0 radical (unpaired) electrons. The summed E-state index contributed by atoms with van der Waals surface area (Å²) in [5.41, 5.74) is 2.86. The van der Waals surface area contributed by atoms with Gasteiger partial charge >= 0.3 is 0 Å². The van der Waals surface area contributed by atoms with Crippen molar-refractivity contribution in [1.29, 1.82) is 0 Å². The fourth-order valence-electron chi connectivity index (χ4n) is 3.64. The van der Waals surface area contributed by atoms with Crippen LogP contribution in [-0.4, -0.2) is 34.6 Å². The quantitative estimate of drug-likeness (QED) is 0.704. The zero-order valence-corrected chi connectivity index (χ0v) is 16.1. The van der Waals surface area contributed by atoms with Gasteiger partial charge in [-0.3, -0.25) is 4.79 Å². The van der Waals surface area contributed by atoms with Crippen molar-refractivity contribution in [3.05, 3.63) is 45.6 Å². The van der Waals surface area contributed by atoms with Gasteiger partial charge in [0.1, 0.15) is 23.1 Å². The van der Waals surface area contributed by atoms with Crippen LogP contribution in [0.5, 0.6) is 5.75 Å². The molecule has 0 aliphatic carbocycles. The molecule has 8 heteroatoms. The van der Waals surface area contributed by atoms with Crippen molar-refractivity contribution >= 4 is 40.0 Å². The number of aromatic nitrogens is 1. The highest BCUT2D eigenvalue weighted by Gasteiger charge is 2.36. The van der Waals surface area contributed by atoms with Crippen LogP contribution in [0, 0.1) is 0 Å². The SMILES string of the molecule is COc1cc2c3c(c(-c4ccco4)nc2c(Cl)c1Cl)CN(C(=O)CO)[C@H]3C. The van der Waals surface area contributed by atoms with Gasteiger partial charge in [-0.25, -0.2) is 4.98 Å². The first-order valence-corrected chi connectivity index (χ1v) is 9.06. The zero-order chi connectivity index (χ0) is 19.3. The average molecular weight is 407 g/mol. The van der Waals surface area contributed by atoms with E-state index in [1.54, 1.807) is 29.4 Å². The van der Waals surface area contributed by atoms with E-state index in [1.165, 1.54) is 7.11 Å². The molecule has 0 spiro atoms. The molecule has 0 unspecified atom stereocenters. The second-order valence-corrected chi connectivity index (χ2v) is 7.04. The minimum absolute atomic E-state index is 0.276. The van der Waals surface area contributed by atoms with E-state index in [-0.39, 0.29) is 22.0 Å². The molecule has 4 rings (SSSR count). The van der Waals surface area contributed by atoms with Crippen LogP contribution in [0.1, 0.15) is 24.1 Å². The summed E-state index contributed by atoms with van der Waals surface area (Å²) in [5.74, 6) is 0.647. The predicted molar refractivity (Wildman–Crippen MR) is 102 cm³/mol. The molecule has 140 valence electrons. The lowest BCUT2D eigenvalue weighted by atomic mass is 9.97. The van der Waals surface area contributed by atoms with Crippen LogP contribution < -0.4 is 4.74 Å². The molecule has 1 aromatic carbocycles. The molecule has 6 nitrogen and oxygen atoms in total. The molecule has 0 fully saturated rings. The fraction of sp³-hybridized carbons (Fsp3) is 0.263. The van der Waals surface area contributed by atoms with E-state index in [1.807, 2.05) is 6.92 Å². The molecule has 1 N–H and O–H groups in total. The van der Waals surface area contributed by atoms with E-state index in [0.29, 0.717) is 29.3 Å². The topological polar surface area (TPSA) is 75.8 Å². The van der Waals surface area contributed by atoms with E-state index < -0.39 is 6.61 Å². The zero-order valence-electron chi connectivity index (χ0n) is 14.6. The monoisotopic (exact) mass is 406 g/mol. The summed E-state index contributed by atoms with van der Waals surface area (Å²) < 4.78 is 10.9.